The van der Waals surface area contributed by atoms with E-state index in [1.807, 2.05) is 12.1 Å². The van der Waals surface area contributed by atoms with Crippen molar-refractivity contribution in [1.82, 2.24) is 0 Å². The number of hydrogen-bond acceptors (Lipinski definition) is 3. The van der Waals surface area contributed by atoms with Crippen molar-refractivity contribution < 1.29 is 14.6 Å². The standard InChI is InChI=1S/C17H17NO3/c18-14-9-8-12(17(19)20)10-16(14)21-15-7-3-5-11-4-1-2-6-13(11)15/h1-2,4,6,8-10,15H,3,5,7,18H2,(H,19,20). The van der Waals surface area contributed by atoms with Gasteiger partial charge in [-0.05, 0) is 48.6 Å². The number of carbonyl (C=O) groups is 1. The summed E-state index contributed by atoms with van der Waals surface area (Å²) < 4.78 is 6.02. The van der Waals surface area contributed by atoms with E-state index < -0.39 is 5.97 Å². The van der Waals surface area contributed by atoms with Gasteiger partial charge in [-0.15, -0.1) is 0 Å². The maximum Gasteiger partial charge on any atom is 0.335 e. The van der Waals surface area contributed by atoms with E-state index in [4.69, 9.17) is 15.6 Å². The second-order valence-electron chi connectivity index (χ2n) is 5.26. The summed E-state index contributed by atoms with van der Waals surface area (Å²) in [5.41, 5.74) is 9.02. The Morgan fingerprint density at radius 3 is 2.86 bits per heavy atom. The number of hydrogen-bond donors (Lipinski definition) is 2. The molecule has 1 aliphatic rings. The maximum atomic E-state index is 11.1. The number of fused-ring (bicyclic) bond motifs is 1. The first kappa shape index (κ1) is 13.5. The van der Waals surface area contributed by atoms with Crippen LogP contribution in [0.5, 0.6) is 5.75 Å². The summed E-state index contributed by atoms with van der Waals surface area (Å²) in [6.45, 7) is 0. The Morgan fingerprint density at radius 2 is 2.05 bits per heavy atom. The predicted octanol–water partition coefficient (Wildman–Crippen LogP) is 3.42. The Labute approximate surface area is 123 Å². The van der Waals surface area contributed by atoms with Crippen LogP contribution in [0.2, 0.25) is 0 Å². The molecule has 2 aromatic carbocycles. The summed E-state index contributed by atoms with van der Waals surface area (Å²) in [7, 11) is 0. The van der Waals surface area contributed by atoms with Gasteiger partial charge in [-0.3, -0.25) is 0 Å². The Kier molecular flexibility index (Phi) is 3.52. The van der Waals surface area contributed by atoms with Crippen molar-refractivity contribution in [2.75, 3.05) is 5.73 Å². The average molecular weight is 283 g/mol. The number of nitrogen functional groups attached to an aromatic ring is 1. The number of aryl methyl sites for hydroxylation is 1. The van der Waals surface area contributed by atoms with Crippen LogP contribution >= 0.6 is 0 Å². The molecule has 0 aliphatic heterocycles. The number of aromatic carboxylic acids is 1. The Hall–Kier alpha value is -2.49. The lowest BCUT2D eigenvalue weighted by Crippen LogP contribution is -2.16. The van der Waals surface area contributed by atoms with Crippen LogP contribution in [0.1, 0.15) is 40.4 Å². The van der Waals surface area contributed by atoms with Crippen molar-refractivity contribution in [3.05, 3.63) is 59.2 Å². The van der Waals surface area contributed by atoms with Crippen LogP contribution < -0.4 is 10.5 Å². The largest absolute Gasteiger partial charge is 0.484 e. The van der Waals surface area contributed by atoms with E-state index in [0.29, 0.717) is 11.4 Å². The Bertz CT molecular complexity index is 681. The van der Waals surface area contributed by atoms with Gasteiger partial charge in [-0.25, -0.2) is 4.79 Å². The molecule has 1 atom stereocenters. The first-order valence-electron chi connectivity index (χ1n) is 7.02. The van der Waals surface area contributed by atoms with Crippen molar-refractivity contribution in [2.45, 2.75) is 25.4 Å². The van der Waals surface area contributed by atoms with Gasteiger partial charge in [0, 0.05) is 0 Å². The molecule has 108 valence electrons. The lowest BCUT2D eigenvalue weighted by Gasteiger charge is -2.26. The van der Waals surface area contributed by atoms with Crippen LogP contribution in [0.15, 0.2) is 42.5 Å². The predicted molar refractivity (Wildman–Crippen MR) is 80.6 cm³/mol. The molecule has 0 bridgehead atoms. The van der Waals surface area contributed by atoms with Gasteiger partial charge in [0.15, 0.2) is 0 Å². The number of benzene rings is 2. The minimum atomic E-state index is -0.983. The lowest BCUT2D eigenvalue weighted by atomic mass is 9.89. The van der Waals surface area contributed by atoms with Crippen molar-refractivity contribution in [1.29, 1.82) is 0 Å². The molecule has 0 radical (unpaired) electrons. The minimum Gasteiger partial charge on any atom is -0.484 e. The zero-order chi connectivity index (χ0) is 14.8. The fourth-order valence-corrected chi connectivity index (χ4v) is 2.75. The van der Waals surface area contributed by atoms with Gasteiger partial charge in [0.05, 0.1) is 11.3 Å². The second-order valence-corrected chi connectivity index (χ2v) is 5.26. The molecular formula is C17H17NO3. The van der Waals surface area contributed by atoms with Gasteiger partial charge < -0.3 is 15.6 Å². The summed E-state index contributed by atoms with van der Waals surface area (Å²) in [6.07, 6.45) is 2.95. The highest BCUT2D eigenvalue weighted by Crippen LogP contribution is 2.35. The van der Waals surface area contributed by atoms with Crippen molar-refractivity contribution >= 4 is 11.7 Å². The Balaban J connectivity index is 1.91. The van der Waals surface area contributed by atoms with Gasteiger partial charge in [0.1, 0.15) is 11.9 Å². The molecule has 3 rings (SSSR count). The van der Waals surface area contributed by atoms with E-state index in [9.17, 15) is 4.79 Å². The third-order valence-corrected chi connectivity index (χ3v) is 3.84. The van der Waals surface area contributed by atoms with E-state index in [1.165, 1.54) is 23.3 Å². The molecule has 0 saturated carbocycles. The molecule has 2 aromatic rings. The molecule has 4 heteroatoms. The highest BCUT2D eigenvalue weighted by molar-refractivity contribution is 5.89. The van der Waals surface area contributed by atoms with Gasteiger partial charge in [0.2, 0.25) is 0 Å². The van der Waals surface area contributed by atoms with Crippen LogP contribution in [0.4, 0.5) is 5.69 Å². The molecule has 1 unspecified atom stereocenters. The first-order valence-corrected chi connectivity index (χ1v) is 7.02. The van der Waals surface area contributed by atoms with Crippen LogP contribution in [-0.2, 0) is 6.42 Å². The molecule has 0 amide bonds. The van der Waals surface area contributed by atoms with Gasteiger partial charge in [0.25, 0.3) is 0 Å². The molecule has 4 nitrogen and oxygen atoms in total. The molecule has 0 heterocycles. The summed E-state index contributed by atoms with van der Waals surface area (Å²) >= 11 is 0. The molecular weight excluding hydrogens is 266 g/mol. The first-order chi connectivity index (χ1) is 10.1. The van der Waals surface area contributed by atoms with Crippen molar-refractivity contribution in [3.63, 3.8) is 0 Å². The fraction of sp³-hybridized carbons (Fsp3) is 0.235. The molecule has 0 saturated heterocycles. The minimum absolute atomic E-state index is 0.0682. The number of ether oxygens (including phenoxy) is 1. The van der Waals surface area contributed by atoms with Crippen LogP contribution in [-0.4, -0.2) is 11.1 Å². The number of nitrogens with two attached hydrogens (primary N) is 1. The monoisotopic (exact) mass is 283 g/mol. The summed E-state index contributed by atoms with van der Waals surface area (Å²) in [5.74, 6) is -0.541. The highest BCUT2D eigenvalue weighted by Gasteiger charge is 2.22. The average Bonchev–Trinajstić information content (AvgIpc) is 2.49. The van der Waals surface area contributed by atoms with Crippen LogP contribution in [0, 0.1) is 0 Å². The molecule has 3 N–H and O–H groups in total. The second kappa shape index (κ2) is 5.48. The van der Waals surface area contributed by atoms with Gasteiger partial charge in [-0.1, -0.05) is 24.3 Å². The third kappa shape index (κ3) is 2.70. The van der Waals surface area contributed by atoms with Crippen molar-refractivity contribution in [2.24, 2.45) is 0 Å². The lowest BCUT2D eigenvalue weighted by molar-refractivity contribution is 0.0696. The normalized spacial score (nSPS) is 17.0. The number of carboxylic acid groups (broad SMARTS) is 1. The van der Waals surface area contributed by atoms with Crippen molar-refractivity contribution in [3.8, 4) is 5.75 Å². The molecule has 0 aromatic heterocycles. The number of rotatable bonds is 3. The summed E-state index contributed by atoms with van der Waals surface area (Å²) in [6, 6.07) is 12.8. The van der Waals surface area contributed by atoms with E-state index >= 15 is 0 Å². The van der Waals surface area contributed by atoms with E-state index in [0.717, 1.165) is 19.3 Å². The molecule has 0 spiro atoms. The molecule has 21 heavy (non-hydrogen) atoms. The van der Waals surface area contributed by atoms with Gasteiger partial charge in [-0.2, -0.15) is 0 Å². The summed E-state index contributed by atoms with van der Waals surface area (Å²) in [4.78, 5) is 11.1. The third-order valence-electron chi connectivity index (χ3n) is 3.84. The topological polar surface area (TPSA) is 72.6 Å². The fourth-order valence-electron chi connectivity index (χ4n) is 2.75. The quantitative estimate of drug-likeness (QED) is 0.846. The Morgan fingerprint density at radius 1 is 1.24 bits per heavy atom. The van der Waals surface area contributed by atoms with Crippen LogP contribution in [0.25, 0.3) is 0 Å². The van der Waals surface area contributed by atoms with Gasteiger partial charge >= 0.3 is 5.97 Å². The smallest absolute Gasteiger partial charge is 0.335 e. The zero-order valence-electron chi connectivity index (χ0n) is 11.6. The molecule has 1 aliphatic carbocycles. The molecule has 0 fully saturated rings. The van der Waals surface area contributed by atoms with E-state index in [-0.39, 0.29) is 11.7 Å². The van der Waals surface area contributed by atoms with E-state index in [2.05, 4.69) is 12.1 Å². The summed E-state index contributed by atoms with van der Waals surface area (Å²) in [5, 5.41) is 9.07. The number of carboxylic acids is 1. The van der Waals surface area contributed by atoms with E-state index in [1.54, 1.807) is 6.07 Å². The zero-order valence-corrected chi connectivity index (χ0v) is 11.6. The number of anilines is 1. The SMILES string of the molecule is Nc1ccc(C(=O)O)cc1OC1CCCc2ccccc21. The maximum absolute atomic E-state index is 11.1. The van der Waals surface area contributed by atoms with Crippen LogP contribution in [0.3, 0.4) is 0 Å². The highest BCUT2D eigenvalue weighted by atomic mass is 16.5.